The Morgan fingerprint density at radius 3 is 2.88 bits per heavy atom. The fraction of sp³-hybridized carbons (Fsp3) is 0.500. The van der Waals surface area contributed by atoms with Gasteiger partial charge in [-0.1, -0.05) is 15.9 Å². The summed E-state index contributed by atoms with van der Waals surface area (Å²) in [5, 5.41) is 0. The van der Waals surface area contributed by atoms with Gasteiger partial charge in [-0.15, -0.1) is 0 Å². The van der Waals surface area contributed by atoms with E-state index in [9.17, 15) is 4.79 Å². The number of hydrogen-bond acceptors (Lipinski definition) is 2. The third-order valence-corrected chi connectivity index (χ3v) is 4.41. The van der Waals surface area contributed by atoms with E-state index < -0.39 is 0 Å². The van der Waals surface area contributed by atoms with Crippen LogP contribution in [-0.2, 0) is 0 Å². The van der Waals surface area contributed by atoms with Crippen LogP contribution in [0.2, 0.25) is 0 Å². The standard InChI is InChI=1S/C12H14Br2N2O/c1-16(7-8-5-9(13)6-8)12(17)11-10(14)3-2-4-15-11/h2-4,8-9H,5-7H2,1H3. The second kappa shape index (κ2) is 5.48. The normalized spacial score (nSPS) is 23.0. The Bertz CT molecular complexity index is 419. The second-order valence-electron chi connectivity index (χ2n) is 4.45. The molecule has 3 nitrogen and oxygen atoms in total. The van der Waals surface area contributed by atoms with Gasteiger partial charge in [0.1, 0.15) is 5.69 Å². The minimum absolute atomic E-state index is 0.0181. The SMILES string of the molecule is CN(CC1CC(Br)C1)C(=O)c1ncccc1Br. The van der Waals surface area contributed by atoms with Crippen LogP contribution in [0.1, 0.15) is 23.3 Å². The molecule has 17 heavy (non-hydrogen) atoms. The molecule has 5 heteroatoms. The zero-order chi connectivity index (χ0) is 12.4. The van der Waals surface area contributed by atoms with Gasteiger partial charge >= 0.3 is 0 Å². The highest BCUT2D eigenvalue weighted by Gasteiger charge is 2.29. The summed E-state index contributed by atoms with van der Waals surface area (Å²) in [6.45, 7) is 0.809. The Balaban J connectivity index is 1.97. The monoisotopic (exact) mass is 360 g/mol. The molecule has 0 radical (unpaired) electrons. The highest BCUT2D eigenvalue weighted by Crippen LogP contribution is 2.33. The van der Waals surface area contributed by atoms with Crippen LogP contribution in [0.25, 0.3) is 0 Å². The summed E-state index contributed by atoms with van der Waals surface area (Å²) in [7, 11) is 1.84. The van der Waals surface area contributed by atoms with Crippen LogP contribution in [0, 0.1) is 5.92 Å². The van der Waals surface area contributed by atoms with Crippen molar-refractivity contribution in [3.63, 3.8) is 0 Å². The molecule has 0 N–H and O–H groups in total. The maximum Gasteiger partial charge on any atom is 0.273 e. The van der Waals surface area contributed by atoms with E-state index in [2.05, 4.69) is 36.8 Å². The number of amides is 1. The lowest BCUT2D eigenvalue weighted by molar-refractivity contribution is 0.0742. The number of carbonyl (C=O) groups excluding carboxylic acids is 1. The molecule has 1 aromatic heterocycles. The third kappa shape index (κ3) is 3.07. The van der Waals surface area contributed by atoms with Crippen molar-refractivity contribution < 1.29 is 4.79 Å². The highest BCUT2D eigenvalue weighted by atomic mass is 79.9. The quantitative estimate of drug-likeness (QED) is 0.775. The molecule has 0 aliphatic heterocycles. The molecule has 0 bridgehead atoms. The van der Waals surface area contributed by atoms with E-state index in [1.165, 1.54) is 0 Å². The number of pyridine rings is 1. The zero-order valence-electron chi connectivity index (χ0n) is 9.57. The first-order valence-corrected chi connectivity index (χ1v) is 7.29. The summed E-state index contributed by atoms with van der Waals surface area (Å²) < 4.78 is 0.754. The summed E-state index contributed by atoms with van der Waals surface area (Å²) in [6, 6.07) is 3.65. The molecule has 1 amide bonds. The molecule has 0 saturated heterocycles. The Kier molecular flexibility index (Phi) is 4.20. The van der Waals surface area contributed by atoms with Gasteiger partial charge in [0.2, 0.25) is 0 Å². The summed E-state index contributed by atoms with van der Waals surface area (Å²) >= 11 is 6.92. The molecule has 1 fully saturated rings. The van der Waals surface area contributed by atoms with Crippen molar-refractivity contribution in [3.05, 3.63) is 28.5 Å². The van der Waals surface area contributed by atoms with E-state index in [-0.39, 0.29) is 5.91 Å². The van der Waals surface area contributed by atoms with Crippen molar-refractivity contribution >= 4 is 37.8 Å². The molecular weight excluding hydrogens is 348 g/mol. The lowest BCUT2D eigenvalue weighted by atomic mass is 9.85. The summed E-state index contributed by atoms with van der Waals surface area (Å²) in [5.41, 5.74) is 0.490. The van der Waals surface area contributed by atoms with Gasteiger partial charge < -0.3 is 4.90 Å². The minimum atomic E-state index is -0.0181. The number of rotatable bonds is 3. The zero-order valence-corrected chi connectivity index (χ0v) is 12.7. The van der Waals surface area contributed by atoms with Crippen LogP contribution in [0.5, 0.6) is 0 Å². The van der Waals surface area contributed by atoms with Crippen LogP contribution in [0.3, 0.4) is 0 Å². The largest absolute Gasteiger partial charge is 0.340 e. The molecule has 1 aromatic rings. The van der Waals surface area contributed by atoms with Crippen molar-refractivity contribution in [1.29, 1.82) is 0 Å². The molecule has 0 atom stereocenters. The summed E-state index contributed by atoms with van der Waals surface area (Å²) in [6.07, 6.45) is 3.95. The summed E-state index contributed by atoms with van der Waals surface area (Å²) in [5.74, 6) is 0.603. The average molecular weight is 362 g/mol. The lowest BCUT2D eigenvalue weighted by Gasteiger charge is -2.34. The Hall–Kier alpha value is -0.420. The van der Waals surface area contributed by atoms with Gasteiger partial charge in [-0.25, -0.2) is 4.98 Å². The van der Waals surface area contributed by atoms with E-state index in [1.807, 2.05) is 19.2 Å². The molecule has 0 unspecified atom stereocenters. The van der Waals surface area contributed by atoms with Gasteiger partial charge in [-0.05, 0) is 46.8 Å². The summed E-state index contributed by atoms with van der Waals surface area (Å²) in [4.78, 5) is 18.7. The van der Waals surface area contributed by atoms with Gasteiger partial charge in [-0.3, -0.25) is 4.79 Å². The second-order valence-corrected chi connectivity index (χ2v) is 6.60. The van der Waals surface area contributed by atoms with Crippen molar-refractivity contribution in [3.8, 4) is 0 Å². The first kappa shape index (κ1) is 13.0. The fourth-order valence-electron chi connectivity index (χ4n) is 2.00. The minimum Gasteiger partial charge on any atom is -0.340 e. The first-order valence-electron chi connectivity index (χ1n) is 5.58. The van der Waals surface area contributed by atoms with Crippen molar-refractivity contribution in [2.24, 2.45) is 5.92 Å². The van der Waals surface area contributed by atoms with Crippen molar-refractivity contribution in [2.45, 2.75) is 17.7 Å². The Labute approximate surface area is 118 Å². The predicted molar refractivity (Wildman–Crippen MR) is 74.3 cm³/mol. The Morgan fingerprint density at radius 2 is 2.29 bits per heavy atom. The molecule has 1 aliphatic carbocycles. The predicted octanol–water partition coefficient (Wildman–Crippen LogP) is 3.09. The molecule has 2 rings (SSSR count). The fourth-order valence-corrected chi connectivity index (χ4v) is 3.48. The number of halogens is 2. The molecule has 92 valence electrons. The number of carbonyl (C=O) groups is 1. The van der Waals surface area contributed by atoms with Crippen molar-refractivity contribution in [2.75, 3.05) is 13.6 Å². The van der Waals surface area contributed by atoms with Gasteiger partial charge in [0, 0.05) is 29.1 Å². The van der Waals surface area contributed by atoms with E-state index in [0.717, 1.165) is 23.9 Å². The van der Waals surface area contributed by atoms with Crippen LogP contribution < -0.4 is 0 Å². The van der Waals surface area contributed by atoms with Crippen molar-refractivity contribution in [1.82, 2.24) is 9.88 Å². The van der Waals surface area contributed by atoms with Crippen LogP contribution in [0.4, 0.5) is 0 Å². The molecular formula is C12H14Br2N2O. The maximum absolute atomic E-state index is 12.1. The third-order valence-electron chi connectivity index (χ3n) is 3.02. The molecule has 1 saturated carbocycles. The smallest absolute Gasteiger partial charge is 0.273 e. The van der Waals surface area contributed by atoms with Gasteiger partial charge in [0.05, 0.1) is 0 Å². The Morgan fingerprint density at radius 1 is 1.59 bits per heavy atom. The highest BCUT2D eigenvalue weighted by molar-refractivity contribution is 9.10. The van der Waals surface area contributed by atoms with Gasteiger partial charge in [0.25, 0.3) is 5.91 Å². The van der Waals surface area contributed by atoms with Gasteiger partial charge in [-0.2, -0.15) is 0 Å². The van der Waals surface area contributed by atoms with E-state index in [1.54, 1.807) is 11.1 Å². The van der Waals surface area contributed by atoms with Crippen LogP contribution in [-0.4, -0.2) is 34.2 Å². The van der Waals surface area contributed by atoms with E-state index in [4.69, 9.17) is 0 Å². The lowest BCUT2D eigenvalue weighted by Crippen LogP contribution is -2.38. The van der Waals surface area contributed by atoms with Crippen LogP contribution in [0.15, 0.2) is 22.8 Å². The molecule has 1 heterocycles. The molecule has 0 aromatic carbocycles. The number of aromatic nitrogens is 1. The molecule has 0 spiro atoms. The number of hydrogen-bond donors (Lipinski definition) is 0. The topological polar surface area (TPSA) is 33.2 Å². The molecule has 1 aliphatic rings. The average Bonchev–Trinajstić information content (AvgIpc) is 2.26. The van der Waals surface area contributed by atoms with Crippen LogP contribution >= 0.6 is 31.9 Å². The van der Waals surface area contributed by atoms with E-state index >= 15 is 0 Å². The van der Waals surface area contributed by atoms with E-state index in [0.29, 0.717) is 16.4 Å². The van der Waals surface area contributed by atoms with Gasteiger partial charge in [0.15, 0.2) is 0 Å². The number of nitrogens with zero attached hydrogens (tertiary/aromatic N) is 2. The number of alkyl halides is 1. The maximum atomic E-state index is 12.1. The first-order chi connectivity index (χ1) is 8.08.